The van der Waals surface area contributed by atoms with Crippen molar-refractivity contribution in [2.45, 2.75) is 105 Å². The van der Waals surface area contributed by atoms with E-state index < -0.39 is 0 Å². The number of allylic oxidation sites excluding steroid dienone is 4. The predicted molar refractivity (Wildman–Crippen MR) is 129 cm³/mol. The van der Waals surface area contributed by atoms with E-state index >= 15 is 0 Å². The van der Waals surface area contributed by atoms with Gasteiger partial charge in [0.2, 0.25) is 0 Å². The Hall–Kier alpha value is -1.14. The molecule has 0 aromatic carbocycles. The molecule has 0 aliphatic carbocycles. The quantitative estimate of drug-likeness (QED) is 0.466. The Labute approximate surface area is 190 Å². The highest BCUT2D eigenvalue weighted by atomic mass is 16.7. The van der Waals surface area contributed by atoms with Crippen molar-refractivity contribution in [3.05, 3.63) is 35.6 Å². The summed E-state index contributed by atoms with van der Waals surface area (Å²) < 4.78 is 17.9. The zero-order chi connectivity index (χ0) is 23.3. The van der Waals surface area contributed by atoms with Crippen LogP contribution in [0.1, 0.15) is 80.6 Å². The number of ether oxygens (including phenoxy) is 3. The average molecular weight is 438 g/mol. The summed E-state index contributed by atoms with van der Waals surface area (Å²) >= 11 is 0. The molecular formula is C26H47NO4. The second-order valence-corrected chi connectivity index (χ2v) is 9.06. The highest BCUT2D eigenvalue weighted by molar-refractivity contribution is 5.17. The van der Waals surface area contributed by atoms with Crippen LogP contribution in [-0.2, 0) is 14.2 Å². The molecule has 2 heterocycles. The van der Waals surface area contributed by atoms with Gasteiger partial charge in [-0.3, -0.25) is 0 Å². The lowest BCUT2D eigenvalue weighted by atomic mass is 9.86. The van der Waals surface area contributed by atoms with Crippen LogP contribution >= 0.6 is 0 Å². The van der Waals surface area contributed by atoms with Gasteiger partial charge in [0.15, 0.2) is 6.29 Å². The first-order valence-electron chi connectivity index (χ1n) is 12.1. The van der Waals surface area contributed by atoms with Crippen molar-refractivity contribution in [3.8, 4) is 0 Å². The fourth-order valence-corrected chi connectivity index (χ4v) is 3.98. The van der Waals surface area contributed by atoms with Gasteiger partial charge in [0.05, 0.1) is 31.0 Å². The monoisotopic (exact) mass is 437 g/mol. The molecule has 2 aliphatic heterocycles. The van der Waals surface area contributed by atoms with E-state index in [1.54, 1.807) is 0 Å². The minimum atomic E-state index is -0.184. The van der Waals surface area contributed by atoms with Gasteiger partial charge in [-0.25, -0.2) is 0 Å². The number of unbranched alkanes of at least 4 members (excludes halogenated alkanes) is 1. The number of aliphatic hydroxyl groups is 1. The van der Waals surface area contributed by atoms with Gasteiger partial charge in [0, 0.05) is 18.7 Å². The predicted octanol–water partition coefficient (Wildman–Crippen LogP) is 5.51. The van der Waals surface area contributed by atoms with Crippen molar-refractivity contribution in [1.82, 2.24) is 5.32 Å². The lowest BCUT2D eigenvalue weighted by Crippen LogP contribution is -2.43. The Balaban J connectivity index is 0.00000233. The topological polar surface area (TPSA) is 60.0 Å². The van der Waals surface area contributed by atoms with E-state index in [-0.39, 0.29) is 30.6 Å². The van der Waals surface area contributed by atoms with Crippen LogP contribution in [0, 0.1) is 5.92 Å². The van der Waals surface area contributed by atoms with Crippen molar-refractivity contribution in [2.24, 2.45) is 5.92 Å². The molecule has 180 valence electrons. The molecule has 2 aliphatic rings. The van der Waals surface area contributed by atoms with Crippen LogP contribution in [-0.4, -0.2) is 49.0 Å². The van der Waals surface area contributed by atoms with E-state index in [0.717, 1.165) is 32.1 Å². The first-order chi connectivity index (χ1) is 14.8. The molecule has 2 N–H and O–H groups in total. The maximum Gasteiger partial charge on any atom is 0.161 e. The van der Waals surface area contributed by atoms with Crippen molar-refractivity contribution in [2.75, 3.05) is 19.8 Å². The SMILES string of the molecule is CC.CCC/C=C(\C)NC1COC(C/C=C(C)/C=C/C2CC(CO)CC(C)(C)O2)OC1. The van der Waals surface area contributed by atoms with E-state index in [1.807, 2.05) is 13.8 Å². The molecule has 2 unspecified atom stereocenters. The Kier molecular flexibility index (Phi) is 13.3. The molecular weight excluding hydrogens is 390 g/mol. The second kappa shape index (κ2) is 14.8. The van der Waals surface area contributed by atoms with Gasteiger partial charge in [-0.2, -0.15) is 0 Å². The third-order valence-corrected chi connectivity index (χ3v) is 5.42. The molecule has 0 amide bonds. The Morgan fingerprint density at radius 2 is 1.81 bits per heavy atom. The number of hydrogen-bond acceptors (Lipinski definition) is 5. The van der Waals surface area contributed by atoms with Gasteiger partial charge in [-0.05, 0) is 52.9 Å². The van der Waals surface area contributed by atoms with Crippen molar-refractivity contribution < 1.29 is 19.3 Å². The molecule has 0 bridgehead atoms. The largest absolute Gasteiger partial charge is 0.396 e. The van der Waals surface area contributed by atoms with Gasteiger partial charge in [0.25, 0.3) is 0 Å². The van der Waals surface area contributed by atoms with Gasteiger partial charge >= 0.3 is 0 Å². The third-order valence-electron chi connectivity index (χ3n) is 5.42. The van der Waals surface area contributed by atoms with E-state index in [9.17, 15) is 5.11 Å². The number of hydrogen-bond donors (Lipinski definition) is 2. The maximum absolute atomic E-state index is 9.53. The van der Waals surface area contributed by atoms with Crippen LogP contribution in [0.5, 0.6) is 0 Å². The fourth-order valence-electron chi connectivity index (χ4n) is 3.98. The van der Waals surface area contributed by atoms with E-state index in [0.29, 0.717) is 19.1 Å². The van der Waals surface area contributed by atoms with Gasteiger partial charge < -0.3 is 24.6 Å². The first kappa shape index (κ1) is 27.9. The molecule has 5 nitrogen and oxygen atoms in total. The van der Waals surface area contributed by atoms with Crippen LogP contribution in [0.4, 0.5) is 0 Å². The van der Waals surface area contributed by atoms with Crippen LogP contribution in [0.2, 0.25) is 0 Å². The first-order valence-corrected chi connectivity index (χ1v) is 12.1. The molecule has 2 saturated heterocycles. The maximum atomic E-state index is 9.53. The van der Waals surface area contributed by atoms with Crippen molar-refractivity contribution in [3.63, 3.8) is 0 Å². The smallest absolute Gasteiger partial charge is 0.161 e. The molecule has 5 heteroatoms. The van der Waals surface area contributed by atoms with Crippen LogP contribution in [0.25, 0.3) is 0 Å². The van der Waals surface area contributed by atoms with Gasteiger partial charge in [-0.15, -0.1) is 0 Å². The summed E-state index contributed by atoms with van der Waals surface area (Å²) in [5.74, 6) is 0.309. The number of nitrogens with one attached hydrogen (secondary N) is 1. The van der Waals surface area contributed by atoms with E-state index in [2.05, 4.69) is 64.2 Å². The minimum Gasteiger partial charge on any atom is -0.396 e. The fraction of sp³-hybridized carbons (Fsp3) is 0.769. The molecule has 2 atom stereocenters. The summed E-state index contributed by atoms with van der Waals surface area (Å²) in [7, 11) is 0. The highest BCUT2D eigenvalue weighted by Crippen LogP contribution is 2.32. The zero-order valence-electron chi connectivity index (χ0n) is 20.9. The average Bonchev–Trinajstić information content (AvgIpc) is 2.76. The molecule has 0 aromatic rings. The highest BCUT2D eigenvalue weighted by Gasteiger charge is 2.33. The molecule has 0 radical (unpaired) electrons. The summed E-state index contributed by atoms with van der Waals surface area (Å²) in [6.45, 7) is 16.1. The molecule has 31 heavy (non-hydrogen) atoms. The van der Waals surface area contributed by atoms with Gasteiger partial charge in [0.1, 0.15) is 0 Å². The van der Waals surface area contributed by atoms with E-state index in [1.165, 1.54) is 11.3 Å². The van der Waals surface area contributed by atoms with E-state index in [4.69, 9.17) is 14.2 Å². The van der Waals surface area contributed by atoms with Crippen LogP contribution < -0.4 is 5.32 Å². The summed E-state index contributed by atoms with van der Waals surface area (Å²) in [5, 5.41) is 13.0. The Morgan fingerprint density at radius 3 is 2.42 bits per heavy atom. The number of aliphatic hydroxyl groups excluding tert-OH is 1. The molecule has 2 fully saturated rings. The molecule has 2 rings (SSSR count). The van der Waals surface area contributed by atoms with Gasteiger partial charge in [-0.1, -0.05) is 57.1 Å². The third kappa shape index (κ3) is 11.3. The molecule has 0 aromatic heterocycles. The molecule has 0 spiro atoms. The molecule has 0 saturated carbocycles. The second-order valence-electron chi connectivity index (χ2n) is 9.06. The van der Waals surface area contributed by atoms with Crippen molar-refractivity contribution >= 4 is 0 Å². The van der Waals surface area contributed by atoms with Crippen molar-refractivity contribution in [1.29, 1.82) is 0 Å². The normalized spacial score (nSPS) is 29.4. The zero-order valence-corrected chi connectivity index (χ0v) is 20.9. The standard InChI is InChI=1S/C24H41NO4.C2H6/c1-6-7-8-19(3)25-21-16-27-23(28-17-21)12-10-18(2)9-11-22-13-20(15-26)14-24(4,5)29-22;1-2/h8-11,20-23,25-26H,6-7,12-17H2,1-5H3;1-2H3/b11-9+,18-10+,19-8+;. The summed E-state index contributed by atoms with van der Waals surface area (Å²) in [5.41, 5.74) is 2.18. The summed E-state index contributed by atoms with van der Waals surface area (Å²) in [6.07, 6.45) is 13.2. The summed E-state index contributed by atoms with van der Waals surface area (Å²) in [4.78, 5) is 0. The Bertz CT molecular complexity index is 574. The van der Waals surface area contributed by atoms with Crippen LogP contribution in [0.15, 0.2) is 35.6 Å². The summed E-state index contributed by atoms with van der Waals surface area (Å²) in [6, 6.07) is 0.218. The van der Waals surface area contributed by atoms with Crippen LogP contribution in [0.3, 0.4) is 0 Å². The number of rotatable bonds is 9. The Morgan fingerprint density at radius 1 is 1.13 bits per heavy atom. The lowest BCUT2D eigenvalue weighted by Gasteiger charge is -2.39. The minimum absolute atomic E-state index is 0.0530. The lowest BCUT2D eigenvalue weighted by molar-refractivity contribution is -0.186.